The van der Waals surface area contributed by atoms with Gasteiger partial charge in [-0.1, -0.05) is 31.7 Å². The molecule has 1 saturated carbocycles. The highest BCUT2D eigenvalue weighted by Gasteiger charge is 2.39. The number of carboxylic acid groups (broad SMARTS) is 1. The summed E-state index contributed by atoms with van der Waals surface area (Å²) in [7, 11) is 0. The number of benzene rings is 1. The van der Waals surface area contributed by atoms with Crippen molar-refractivity contribution in [2.45, 2.75) is 48.2 Å². The van der Waals surface area contributed by atoms with Crippen LogP contribution < -0.4 is 0 Å². The lowest BCUT2D eigenvalue weighted by molar-refractivity contribution is -0.140. The Kier molecular flexibility index (Phi) is 4.27. The molecule has 0 heterocycles. The largest absolute Gasteiger partial charge is 0.480 e. The molecule has 0 bridgehead atoms. The van der Waals surface area contributed by atoms with Gasteiger partial charge in [0.05, 0.1) is 0 Å². The van der Waals surface area contributed by atoms with Crippen LogP contribution in [0.5, 0.6) is 0 Å². The van der Waals surface area contributed by atoms with Crippen LogP contribution in [0.2, 0.25) is 0 Å². The summed E-state index contributed by atoms with van der Waals surface area (Å²) in [5.41, 5.74) is 0. The minimum atomic E-state index is -0.774. The van der Waals surface area contributed by atoms with Crippen molar-refractivity contribution in [2.75, 3.05) is 0 Å². The van der Waals surface area contributed by atoms with Crippen molar-refractivity contribution in [1.29, 1.82) is 0 Å². The van der Waals surface area contributed by atoms with E-state index in [9.17, 15) is 14.3 Å². The molecule has 2 rings (SSSR count). The van der Waals surface area contributed by atoms with Crippen LogP contribution in [-0.2, 0) is 4.79 Å². The Morgan fingerprint density at radius 1 is 1.22 bits per heavy atom. The predicted molar refractivity (Wildman–Crippen MR) is 70.3 cm³/mol. The van der Waals surface area contributed by atoms with Gasteiger partial charge in [-0.15, -0.1) is 11.8 Å². The first-order valence-electron chi connectivity index (χ1n) is 6.30. The molecule has 0 amide bonds. The Balaban J connectivity index is 2.22. The van der Waals surface area contributed by atoms with Crippen molar-refractivity contribution >= 4 is 17.7 Å². The molecule has 0 radical (unpaired) electrons. The Labute approximate surface area is 111 Å². The number of hydrogen-bond acceptors (Lipinski definition) is 2. The number of rotatable bonds is 3. The zero-order valence-electron chi connectivity index (χ0n) is 10.2. The third-order valence-electron chi connectivity index (χ3n) is 3.41. The van der Waals surface area contributed by atoms with Crippen molar-refractivity contribution < 1.29 is 14.3 Å². The van der Waals surface area contributed by atoms with E-state index < -0.39 is 10.7 Å². The van der Waals surface area contributed by atoms with Crippen LogP contribution in [0.4, 0.5) is 4.39 Å². The number of hydrogen-bond donors (Lipinski definition) is 1. The molecule has 18 heavy (non-hydrogen) atoms. The van der Waals surface area contributed by atoms with Gasteiger partial charge in [-0.25, -0.2) is 4.39 Å². The fraction of sp³-hybridized carbons (Fsp3) is 0.500. The monoisotopic (exact) mass is 268 g/mol. The lowest BCUT2D eigenvalue weighted by atomic mass is 9.99. The van der Waals surface area contributed by atoms with Gasteiger partial charge in [0.15, 0.2) is 0 Å². The van der Waals surface area contributed by atoms with E-state index in [2.05, 4.69) is 0 Å². The first kappa shape index (κ1) is 13.4. The molecular weight excluding hydrogens is 251 g/mol. The highest BCUT2D eigenvalue weighted by atomic mass is 32.2. The van der Waals surface area contributed by atoms with Gasteiger partial charge in [0, 0.05) is 4.90 Å². The Bertz CT molecular complexity index is 426. The highest BCUT2D eigenvalue weighted by Crippen LogP contribution is 2.43. The summed E-state index contributed by atoms with van der Waals surface area (Å²) in [6.45, 7) is 0. The molecule has 1 fully saturated rings. The molecule has 0 spiro atoms. The molecular formula is C14H17FO2S. The number of halogens is 1. The lowest BCUT2D eigenvalue weighted by Crippen LogP contribution is -2.34. The third-order valence-corrected chi connectivity index (χ3v) is 4.87. The number of aliphatic carboxylic acids is 1. The van der Waals surface area contributed by atoms with Gasteiger partial charge in [0.2, 0.25) is 0 Å². The van der Waals surface area contributed by atoms with E-state index in [-0.39, 0.29) is 5.82 Å². The molecule has 1 aromatic rings. The van der Waals surface area contributed by atoms with Gasteiger partial charge in [-0.2, -0.15) is 0 Å². The lowest BCUT2D eigenvalue weighted by Gasteiger charge is -2.27. The zero-order valence-corrected chi connectivity index (χ0v) is 11.0. The van der Waals surface area contributed by atoms with Gasteiger partial charge < -0.3 is 5.11 Å². The minimum Gasteiger partial charge on any atom is -0.480 e. The highest BCUT2D eigenvalue weighted by molar-refractivity contribution is 8.01. The molecule has 0 aromatic heterocycles. The van der Waals surface area contributed by atoms with E-state index in [1.54, 1.807) is 12.1 Å². The first-order chi connectivity index (χ1) is 8.62. The van der Waals surface area contributed by atoms with E-state index >= 15 is 0 Å². The maximum Gasteiger partial charge on any atom is 0.320 e. The summed E-state index contributed by atoms with van der Waals surface area (Å²) < 4.78 is 12.4. The maximum absolute atomic E-state index is 13.2. The van der Waals surface area contributed by atoms with Crippen LogP contribution in [0.1, 0.15) is 38.5 Å². The summed E-state index contributed by atoms with van der Waals surface area (Å²) in [5.74, 6) is -1.08. The Morgan fingerprint density at radius 3 is 2.44 bits per heavy atom. The van der Waals surface area contributed by atoms with Crippen LogP contribution in [0, 0.1) is 5.82 Å². The average Bonchev–Trinajstić information content (AvgIpc) is 2.55. The quantitative estimate of drug-likeness (QED) is 0.839. The van der Waals surface area contributed by atoms with Crippen LogP contribution in [-0.4, -0.2) is 15.8 Å². The second-order valence-electron chi connectivity index (χ2n) is 4.77. The molecule has 4 heteroatoms. The number of carboxylic acids is 1. The van der Waals surface area contributed by atoms with Crippen LogP contribution in [0.15, 0.2) is 29.2 Å². The summed E-state index contributed by atoms with van der Waals surface area (Å²) in [5, 5.41) is 9.53. The van der Waals surface area contributed by atoms with E-state index in [4.69, 9.17) is 0 Å². The molecule has 0 saturated heterocycles. The van der Waals surface area contributed by atoms with Crippen molar-refractivity contribution in [3.8, 4) is 0 Å². The molecule has 1 aliphatic carbocycles. The topological polar surface area (TPSA) is 37.3 Å². The minimum absolute atomic E-state index is 0.311. The van der Waals surface area contributed by atoms with Crippen molar-refractivity contribution in [2.24, 2.45) is 0 Å². The Hall–Kier alpha value is -1.03. The van der Waals surface area contributed by atoms with Crippen molar-refractivity contribution in [1.82, 2.24) is 0 Å². The SMILES string of the molecule is O=C(O)C1(Sc2cccc(F)c2)CCCCCC1. The fourth-order valence-corrected chi connectivity index (χ4v) is 3.76. The van der Waals surface area contributed by atoms with E-state index in [1.165, 1.54) is 23.9 Å². The summed E-state index contributed by atoms with van der Waals surface area (Å²) in [6.07, 6.45) is 5.41. The molecule has 1 aromatic carbocycles. The summed E-state index contributed by atoms with van der Waals surface area (Å²) >= 11 is 1.31. The van der Waals surface area contributed by atoms with Crippen LogP contribution in [0.3, 0.4) is 0 Å². The third kappa shape index (κ3) is 3.05. The molecule has 0 aliphatic heterocycles. The summed E-state index contributed by atoms with van der Waals surface area (Å²) in [6, 6.07) is 6.21. The fourth-order valence-electron chi connectivity index (χ4n) is 2.42. The molecule has 98 valence electrons. The second-order valence-corrected chi connectivity index (χ2v) is 6.23. The summed E-state index contributed by atoms with van der Waals surface area (Å²) in [4.78, 5) is 12.3. The van der Waals surface area contributed by atoms with Gasteiger partial charge in [0.25, 0.3) is 0 Å². The number of carbonyl (C=O) groups is 1. The molecule has 1 aliphatic rings. The maximum atomic E-state index is 13.2. The predicted octanol–water partition coefficient (Wildman–Crippen LogP) is 4.10. The van der Waals surface area contributed by atoms with E-state index in [1.807, 2.05) is 0 Å². The standard InChI is InChI=1S/C14H17FO2S/c15-11-6-5-7-12(10-11)18-14(13(16)17)8-3-1-2-4-9-14/h5-7,10H,1-4,8-9H2,(H,16,17). The zero-order chi connectivity index (χ0) is 13.0. The molecule has 2 nitrogen and oxygen atoms in total. The number of thioether (sulfide) groups is 1. The van der Waals surface area contributed by atoms with Gasteiger partial charge in [0.1, 0.15) is 10.6 Å². The smallest absolute Gasteiger partial charge is 0.320 e. The van der Waals surface area contributed by atoms with E-state index in [0.29, 0.717) is 17.7 Å². The van der Waals surface area contributed by atoms with Crippen molar-refractivity contribution in [3.63, 3.8) is 0 Å². The van der Waals surface area contributed by atoms with Crippen molar-refractivity contribution in [3.05, 3.63) is 30.1 Å². The van der Waals surface area contributed by atoms with E-state index in [0.717, 1.165) is 25.7 Å². The van der Waals surface area contributed by atoms with Crippen LogP contribution >= 0.6 is 11.8 Å². The Morgan fingerprint density at radius 2 is 1.89 bits per heavy atom. The first-order valence-corrected chi connectivity index (χ1v) is 7.12. The molecule has 1 N–H and O–H groups in total. The van der Waals surface area contributed by atoms with Gasteiger partial charge in [-0.05, 0) is 31.0 Å². The molecule has 0 atom stereocenters. The van der Waals surface area contributed by atoms with Crippen LogP contribution in [0.25, 0.3) is 0 Å². The normalized spacial score (nSPS) is 19.2. The molecule has 0 unspecified atom stereocenters. The second kappa shape index (κ2) is 5.74. The van der Waals surface area contributed by atoms with Gasteiger partial charge in [-0.3, -0.25) is 4.79 Å². The average molecular weight is 268 g/mol. The van der Waals surface area contributed by atoms with Gasteiger partial charge >= 0.3 is 5.97 Å².